The highest BCUT2D eigenvalue weighted by Crippen LogP contribution is 2.20. The number of hydrogen-bond acceptors (Lipinski definition) is 4. The minimum Gasteiger partial charge on any atom is -0.350 e. The van der Waals surface area contributed by atoms with Crippen LogP contribution in [0, 0.1) is 5.92 Å². The Morgan fingerprint density at radius 1 is 1.25 bits per heavy atom. The van der Waals surface area contributed by atoms with Crippen LogP contribution in [-0.4, -0.2) is 35.0 Å². The van der Waals surface area contributed by atoms with Crippen molar-refractivity contribution in [1.82, 2.24) is 14.8 Å². The van der Waals surface area contributed by atoms with E-state index in [0.29, 0.717) is 18.2 Å². The predicted molar refractivity (Wildman–Crippen MR) is 96.3 cm³/mol. The Labute approximate surface area is 145 Å². The van der Waals surface area contributed by atoms with Gasteiger partial charge in [0.2, 0.25) is 0 Å². The lowest BCUT2D eigenvalue weighted by molar-refractivity contribution is 0.0926. The standard InChI is InChI=1S/C18H23N3O2S/c1-20-16(5-2-6-17(20)22)18(23)19-12-14-7-9-21(10-8-14)13-15-4-3-11-24-15/h2-6,11,14H,7-10,12-13H2,1H3,(H,19,23). The topological polar surface area (TPSA) is 54.3 Å². The average molecular weight is 345 g/mol. The predicted octanol–water partition coefficient (Wildman–Crippen LogP) is 2.09. The molecule has 1 fully saturated rings. The van der Waals surface area contributed by atoms with Gasteiger partial charge in [-0.05, 0) is 49.4 Å². The van der Waals surface area contributed by atoms with Crippen LogP contribution in [-0.2, 0) is 13.6 Å². The fourth-order valence-corrected chi connectivity index (χ4v) is 3.84. The normalized spacial score (nSPS) is 16.2. The number of nitrogens with one attached hydrogen (secondary N) is 1. The molecule has 128 valence electrons. The van der Waals surface area contributed by atoms with Crippen molar-refractivity contribution in [3.8, 4) is 0 Å². The molecule has 0 bridgehead atoms. The van der Waals surface area contributed by atoms with E-state index in [-0.39, 0.29) is 11.5 Å². The molecule has 0 spiro atoms. The lowest BCUT2D eigenvalue weighted by atomic mass is 9.96. The SMILES string of the molecule is Cn1c(C(=O)NCC2CCN(Cc3cccs3)CC2)cccc1=O. The first-order chi connectivity index (χ1) is 11.6. The number of amides is 1. The van der Waals surface area contributed by atoms with E-state index in [1.807, 2.05) is 0 Å². The fraction of sp³-hybridized carbons (Fsp3) is 0.444. The van der Waals surface area contributed by atoms with Crippen molar-refractivity contribution < 1.29 is 4.79 Å². The van der Waals surface area contributed by atoms with E-state index in [0.717, 1.165) is 32.5 Å². The van der Waals surface area contributed by atoms with Gasteiger partial charge in [0.1, 0.15) is 5.69 Å². The molecule has 1 N–H and O–H groups in total. The number of nitrogens with zero attached hydrogens (tertiary/aromatic N) is 2. The summed E-state index contributed by atoms with van der Waals surface area (Å²) in [6.07, 6.45) is 2.19. The number of carbonyl (C=O) groups is 1. The van der Waals surface area contributed by atoms with Gasteiger partial charge in [-0.1, -0.05) is 12.1 Å². The molecule has 0 saturated carbocycles. The third kappa shape index (κ3) is 4.13. The second-order valence-corrected chi connectivity index (χ2v) is 7.35. The molecule has 0 unspecified atom stereocenters. The van der Waals surface area contributed by atoms with Gasteiger partial charge in [-0.3, -0.25) is 14.5 Å². The molecule has 2 aromatic heterocycles. The lowest BCUT2D eigenvalue weighted by Crippen LogP contribution is -2.39. The number of thiophene rings is 1. The molecule has 1 aliphatic heterocycles. The number of aromatic nitrogens is 1. The molecular weight excluding hydrogens is 322 g/mol. The molecule has 2 aromatic rings. The molecule has 0 aliphatic carbocycles. The Bertz CT molecular complexity index is 731. The van der Waals surface area contributed by atoms with E-state index in [2.05, 4.69) is 27.7 Å². The van der Waals surface area contributed by atoms with E-state index < -0.39 is 0 Å². The van der Waals surface area contributed by atoms with Gasteiger partial charge in [-0.15, -0.1) is 11.3 Å². The highest BCUT2D eigenvalue weighted by Gasteiger charge is 2.20. The van der Waals surface area contributed by atoms with Crippen molar-refractivity contribution >= 4 is 17.2 Å². The maximum absolute atomic E-state index is 12.3. The second kappa shape index (κ2) is 7.77. The van der Waals surface area contributed by atoms with Crippen molar-refractivity contribution in [3.63, 3.8) is 0 Å². The second-order valence-electron chi connectivity index (χ2n) is 6.32. The van der Waals surface area contributed by atoms with Crippen molar-refractivity contribution in [2.45, 2.75) is 19.4 Å². The van der Waals surface area contributed by atoms with Crippen LogP contribution >= 0.6 is 11.3 Å². The number of carbonyl (C=O) groups excluding carboxylic acids is 1. The van der Waals surface area contributed by atoms with E-state index in [1.54, 1.807) is 30.5 Å². The quantitative estimate of drug-likeness (QED) is 0.903. The molecule has 5 nitrogen and oxygen atoms in total. The van der Waals surface area contributed by atoms with Crippen LogP contribution in [0.4, 0.5) is 0 Å². The Morgan fingerprint density at radius 2 is 2.04 bits per heavy atom. The van der Waals surface area contributed by atoms with Crippen molar-refractivity contribution in [2.75, 3.05) is 19.6 Å². The molecule has 3 heterocycles. The van der Waals surface area contributed by atoms with Gasteiger partial charge in [0.05, 0.1) is 0 Å². The van der Waals surface area contributed by atoms with Crippen LogP contribution in [0.5, 0.6) is 0 Å². The molecular formula is C18H23N3O2S. The van der Waals surface area contributed by atoms with Gasteiger partial charge in [0.25, 0.3) is 11.5 Å². The zero-order valence-corrected chi connectivity index (χ0v) is 14.7. The summed E-state index contributed by atoms with van der Waals surface area (Å²) in [6, 6.07) is 9.04. The van der Waals surface area contributed by atoms with Crippen LogP contribution in [0.3, 0.4) is 0 Å². The minimum absolute atomic E-state index is 0.162. The third-order valence-electron chi connectivity index (χ3n) is 4.64. The van der Waals surface area contributed by atoms with Crippen LogP contribution in [0.1, 0.15) is 28.2 Å². The van der Waals surface area contributed by atoms with E-state index >= 15 is 0 Å². The molecule has 0 aromatic carbocycles. The van der Waals surface area contributed by atoms with Gasteiger partial charge >= 0.3 is 0 Å². The molecule has 1 amide bonds. The monoisotopic (exact) mass is 345 g/mol. The molecule has 3 rings (SSSR count). The Hall–Kier alpha value is -1.92. The summed E-state index contributed by atoms with van der Waals surface area (Å²) in [4.78, 5) is 27.7. The maximum atomic E-state index is 12.3. The largest absolute Gasteiger partial charge is 0.350 e. The van der Waals surface area contributed by atoms with Crippen LogP contribution < -0.4 is 10.9 Å². The lowest BCUT2D eigenvalue weighted by Gasteiger charge is -2.31. The maximum Gasteiger partial charge on any atom is 0.268 e. The summed E-state index contributed by atoms with van der Waals surface area (Å²) >= 11 is 1.81. The molecule has 0 atom stereocenters. The Morgan fingerprint density at radius 3 is 2.75 bits per heavy atom. The first-order valence-electron chi connectivity index (χ1n) is 8.32. The number of hydrogen-bond donors (Lipinski definition) is 1. The van der Waals surface area contributed by atoms with Crippen LogP contribution in [0.25, 0.3) is 0 Å². The number of piperidine rings is 1. The summed E-state index contributed by atoms with van der Waals surface area (Å²) in [5, 5.41) is 5.10. The summed E-state index contributed by atoms with van der Waals surface area (Å²) in [5.74, 6) is 0.338. The van der Waals surface area contributed by atoms with E-state index in [4.69, 9.17) is 0 Å². The molecule has 24 heavy (non-hydrogen) atoms. The van der Waals surface area contributed by atoms with E-state index in [9.17, 15) is 9.59 Å². The van der Waals surface area contributed by atoms with Gasteiger partial charge in [0, 0.05) is 31.1 Å². The van der Waals surface area contributed by atoms with Gasteiger partial charge < -0.3 is 9.88 Å². The van der Waals surface area contributed by atoms with Crippen molar-refractivity contribution in [2.24, 2.45) is 13.0 Å². The summed E-state index contributed by atoms with van der Waals surface area (Å²) < 4.78 is 1.39. The van der Waals surface area contributed by atoms with Gasteiger partial charge in [0.15, 0.2) is 0 Å². The molecule has 0 radical (unpaired) electrons. The van der Waals surface area contributed by atoms with E-state index in [1.165, 1.54) is 15.5 Å². The fourth-order valence-electron chi connectivity index (χ4n) is 3.09. The smallest absolute Gasteiger partial charge is 0.268 e. The number of rotatable bonds is 5. The number of pyridine rings is 1. The average Bonchev–Trinajstić information content (AvgIpc) is 3.09. The Kier molecular flexibility index (Phi) is 5.48. The zero-order chi connectivity index (χ0) is 16.9. The Balaban J connectivity index is 1.45. The molecule has 1 aliphatic rings. The van der Waals surface area contributed by atoms with Gasteiger partial charge in [-0.25, -0.2) is 0 Å². The van der Waals surface area contributed by atoms with Crippen molar-refractivity contribution in [1.29, 1.82) is 0 Å². The molecule has 6 heteroatoms. The molecule has 1 saturated heterocycles. The zero-order valence-electron chi connectivity index (χ0n) is 13.9. The van der Waals surface area contributed by atoms with Crippen molar-refractivity contribution in [3.05, 3.63) is 56.6 Å². The van der Waals surface area contributed by atoms with Crippen LogP contribution in [0.15, 0.2) is 40.5 Å². The highest BCUT2D eigenvalue weighted by molar-refractivity contribution is 7.09. The first kappa shape index (κ1) is 16.9. The summed E-state index contributed by atoms with van der Waals surface area (Å²) in [6.45, 7) is 3.85. The third-order valence-corrected chi connectivity index (χ3v) is 5.50. The summed E-state index contributed by atoms with van der Waals surface area (Å²) in [7, 11) is 1.63. The minimum atomic E-state index is -0.170. The van der Waals surface area contributed by atoms with Gasteiger partial charge in [-0.2, -0.15) is 0 Å². The summed E-state index contributed by atoms with van der Waals surface area (Å²) in [5.41, 5.74) is 0.252. The first-order valence-corrected chi connectivity index (χ1v) is 9.20. The number of likely N-dealkylation sites (tertiary alicyclic amines) is 1. The highest BCUT2D eigenvalue weighted by atomic mass is 32.1. The van der Waals surface area contributed by atoms with Crippen LogP contribution in [0.2, 0.25) is 0 Å².